The maximum absolute atomic E-state index is 12.2. The Morgan fingerprint density at radius 3 is 2.11 bits per heavy atom. The molecule has 0 aliphatic rings. The van der Waals surface area contributed by atoms with Gasteiger partial charge in [-0.05, 0) is 48.5 Å². The second kappa shape index (κ2) is 9.00. The molecule has 2 amide bonds. The summed E-state index contributed by atoms with van der Waals surface area (Å²) in [6, 6.07) is 24.0. The van der Waals surface area contributed by atoms with Crippen LogP contribution in [0.25, 0.3) is 0 Å². The predicted molar refractivity (Wildman–Crippen MR) is 111 cm³/mol. The van der Waals surface area contributed by atoms with Gasteiger partial charge in [0.25, 0.3) is 5.91 Å². The molecule has 0 unspecified atom stereocenters. The molecule has 0 saturated carbocycles. The first kappa shape index (κ1) is 18.7. The van der Waals surface area contributed by atoms with Crippen molar-refractivity contribution in [3.05, 3.63) is 88.9 Å². The molecule has 0 bridgehead atoms. The van der Waals surface area contributed by atoms with E-state index in [1.54, 1.807) is 30.3 Å². The normalized spacial score (nSPS) is 10.1. The first-order chi connectivity index (χ1) is 13.1. The Labute approximate surface area is 165 Å². The van der Waals surface area contributed by atoms with Crippen molar-refractivity contribution in [2.45, 2.75) is 0 Å². The van der Waals surface area contributed by atoms with Crippen molar-refractivity contribution < 1.29 is 9.59 Å². The van der Waals surface area contributed by atoms with Gasteiger partial charge < -0.3 is 16.0 Å². The third kappa shape index (κ3) is 5.43. The fourth-order valence-electron chi connectivity index (χ4n) is 2.44. The van der Waals surface area contributed by atoms with Gasteiger partial charge in [-0.15, -0.1) is 0 Å². The zero-order chi connectivity index (χ0) is 19.1. The molecule has 3 aromatic rings. The summed E-state index contributed by atoms with van der Waals surface area (Å²) in [6.45, 7) is -0.116. The smallest absolute Gasteiger partial charge is 0.251 e. The summed E-state index contributed by atoms with van der Waals surface area (Å²) < 4.78 is 0.888. The molecule has 3 aromatic carbocycles. The average Bonchev–Trinajstić information content (AvgIpc) is 2.69. The lowest BCUT2D eigenvalue weighted by atomic mass is 10.2. The second-order valence-electron chi connectivity index (χ2n) is 5.77. The zero-order valence-corrected chi connectivity index (χ0v) is 16.0. The number of anilines is 3. The molecular formula is C21H18BrN3O2. The quantitative estimate of drug-likeness (QED) is 0.543. The fraction of sp³-hybridized carbons (Fsp3) is 0.0476. The lowest BCUT2D eigenvalue weighted by Gasteiger charge is -2.13. The molecule has 0 atom stereocenters. The first-order valence-corrected chi connectivity index (χ1v) is 9.16. The van der Waals surface area contributed by atoms with E-state index in [9.17, 15) is 9.59 Å². The highest BCUT2D eigenvalue weighted by Crippen LogP contribution is 2.24. The van der Waals surface area contributed by atoms with Crippen LogP contribution in [0, 0.1) is 0 Å². The van der Waals surface area contributed by atoms with Crippen molar-refractivity contribution in [2.75, 3.05) is 17.2 Å². The Morgan fingerprint density at radius 2 is 1.41 bits per heavy atom. The van der Waals surface area contributed by atoms with E-state index >= 15 is 0 Å². The third-order valence-electron chi connectivity index (χ3n) is 3.77. The molecule has 0 fully saturated rings. The number of carbonyl (C=O) groups excluding carboxylic acids is 2. The molecule has 0 saturated heterocycles. The molecule has 0 radical (unpaired) electrons. The molecule has 6 heteroatoms. The van der Waals surface area contributed by atoms with Crippen LogP contribution < -0.4 is 16.0 Å². The van der Waals surface area contributed by atoms with Gasteiger partial charge in [0.1, 0.15) is 0 Å². The number of hydrogen-bond donors (Lipinski definition) is 3. The Bertz CT molecular complexity index is 928. The second-order valence-corrected chi connectivity index (χ2v) is 6.69. The summed E-state index contributed by atoms with van der Waals surface area (Å²) in [6.07, 6.45) is 0. The number of benzene rings is 3. The van der Waals surface area contributed by atoms with E-state index in [0.29, 0.717) is 11.3 Å². The van der Waals surface area contributed by atoms with Gasteiger partial charge >= 0.3 is 0 Å². The van der Waals surface area contributed by atoms with Crippen LogP contribution in [0.3, 0.4) is 0 Å². The lowest BCUT2D eigenvalue weighted by molar-refractivity contribution is -0.115. The molecule has 0 aliphatic carbocycles. The van der Waals surface area contributed by atoms with Crippen LogP contribution >= 0.6 is 15.9 Å². The van der Waals surface area contributed by atoms with Crippen molar-refractivity contribution >= 4 is 44.8 Å². The zero-order valence-electron chi connectivity index (χ0n) is 14.4. The minimum absolute atomic E-state index is 0.116. The van der Waals surface area contributed by atoms with E-state index in [1.807, 2.05) is 48.5 Å². The van der Waals surface area contributed by atoms with Crippen molar-refractivity contribution in [2.24, 2.45) is 0 Å². The van der Waals surface area contributed by atoms with E-state index in [-0.39, 0.29) is 18.4 Å². The summed E-state index contributed by atoms with van der Waals surface area (Å²) in [5.41, 5.74) is 2.83. The monoisotopic (exact) mass is 423 g/mol. The topological polar surface area (TPSA) is 70.2 Å². The summed E-state index contributed by atoms with van der Waals surface area (Å²) in [5.74, 6) is -0.601. The average molecular weight is 424 g/mol. The number of rotatable bonds is 6. The van der Waals surface area contributed by atoms with Gasteiger partial charge in [0.2, 0.25) is 5.91 Å². The number of carbonyl (C=O) groups is 2. The molecule has 0 heterocycles. The van der Waals surface area contributed by atoms with Gasteiger partial charge in [0, 0.05) is 15.7 Å². The summed E-state index contributed by atoms with van der Waals surface area (Å²) in [7, 11) is 0. The number of amides is 2. The summed E-state index contributed by atoms with van der Waals surface area (Å²) in [4.78, 5) is 24.3. The van der Waals surface area contributed by atoms with Crippen LogP contribution in [-0.2, 0) is 4.79 Å². The number of halogens is 1. The van der Waals surface area contributed by atoms with Gasteiger partial charge in [-0.25, -0.2) is 0 Å². The standard InChI is InChI=1S/C21H18BrN3O2/c22-16-12-10-15(11-13-16)21(27)23-14-20(26)25-19-9-5-4-8-18(19)24-17-6-2-1-3-7-17/h1-13,24H,14H2,(H,23,27)(H,25,26). The molecule has 0 spiro atoms. The highest BCUT2D eigenvalue weighted by molar-refractivity contribution is 9.10. The van der Waals surface area contributed by atoms with Crippen LogP contribution in [0.5, 0.6) is 0 Å². The largest absolute Gasteiger partial charge is 0.354 e. The minimum atomic E-state index is -0.303. The van der Waals surface area contributed by atoms with Crippen molar-refractivity contribution in [1.82, 2.24) is 5.32 Å². The number of nitrogens with one attached hydrogen (secondary N) is 3. The van der Waals surface area contributed by atoms with Gasteiger partial charge in [-0.1, -0.05) is 46.3 Å². The van der Waals surface area contributed by atoms with Crippen LogP contribution in [0.15, 0.2) is 83.3 Å². The van der Waals surface area contributed by atoms with Gasteiger partial charge in [-0.3, -0.25) is 9.59 Å². The van der Waals surface area contributed by atoms with E-state index < -0.39 is 0 Å². The Morgan fingerprint density at radius 1 is 0.778 bits per heavy atom. The van der Waals surface area contributed by atoms with Gasteiger partial charge in [0.05, 0.1) is 17.9 Å². The van der Waals surface area contributed by atoms with Gasteiger partial charge in [-0.2, -0.15) is 0 Å². The van der Waals surface area contributed by atoms with Crippen LogP contribution in [0.4, 0.5) is 17.1 Å². The Hall–Kier alpha value is -3.12. The summed E-state index contributed by atoms with van der Waals surface area (Å²) in [5, 5.41) is 8.71. The minimum Gasteiger partial charge on any atom is -0.354 e. The van der Waals surface area contributed by atoms with E-state index in [1.165, 1.54) is 0 Å². The highest BCUT2D eigenvalue weighted by Gasteiger charge is 2.10. The SMILES string of the molecule is O=C(CNC(=O)c1ccc(Br)cc1)Nc1ccccc1Nc1ccccc1. The predicted octanol–water partition coefficient (Wildman–Crippen LogP) is 4.56. The van der Waals surface area contributed by atoms with Crippen molar-refractivity contribution in [3.8, 4) is 0 Å². The van der Waals surface area contributed by atoms with Gasteiger partial charge in [0.15, 0.2) is 0 Å². The number of hydrogen-bond acceptors (Lipinski definition) is 3. The number of para-hydroxylation sites is 3. The molecule has 136 valence electrons. The molecule has 27 heavy (non-hydrogen) atoms. The molecule has 3 rings (SSSR count). The van der Waals surface area contributed by atoms with E-state index in [4.69, 9.17) is 0 Å². The van der Waals surface area contributed by atoms with Crippen LogP contribution in [-0.4, -0.2) is 18.4 Å². The highest BCUT2D eigenvalue weighted by atomic mass is 79.9. The lowest BCUT2D eigenvalue weighted by Crippen LogP contribution is -2.32. The molecular weight excluding hydrogens is 406 g/mol. The maximum Gasteiger partial charge on any atom is 0.251 e. The maximum atomic E-state index is 12.2. The van der Waals surface area contributed by atoms with Crippen LogP contribution in [0.2, 0.25) is 0 Å². The molecule has 0 aliphatic heterocycles. The molecule has 0 aromatic heterocycles. The third-order valence-corrected chi connectivity index (χ3v) is 4.30. The van der Waals surface area contributed by atoms with E-state index in [0.717, 1.165) is 15.8 Å². The van der Waals surface area contributed by atoms with Crippen molar-refractivity contribution in [3.63, 3.8) is 0 Å². The first-order valence-electron chi connectivity index (χ1n) is 8.36. The summed E-state index contributed by atoms with van der Waals surface area (Å²) >= 11 is 3.32. The Balaban J connectivity index is 1.59. The van der Waals surface area contributed by atoms with E-state index in [2.05, 4.69) is 31.9 Å². The molecule has 5 nitrogen and oxygen atoms in total. The van der Waals surface area contributed by atoms with Crippen molar-refractivity contribution in [1.29, 1.82) is 0 Å². The molecule has 3 N–H and O–H groups in total. The Kier molecular flexibility index (Phi) is 6.22. The fourth-order valence-corrected chi connectivity index (χ4v) is 2.70. The van der Waals surface area contributed by atoms with Crippen LogP contribution in [0.1, 0.15) is 10.4 Å².